The summed E-state index contributed by atoms with van der Waals surface area (Å²) in [5, 5.41) is 12.0. The second-order valence-corrected chi connectivity index (χ2v) is 8.95. The molecule has 0 spiro atoms. The number of hydrogen-bond donors (Lipinski definition) is 4. The van der Waals surface area contributed by atoms with Crippen molar-refractivity contribution in [2.24, 2.45) is 0 Å². The number of aromatic nitrogens is 2. The number of anilines is 2. The summed E-state index contributed by atoms with van der Waals surface area (Å²) in [5.41, 5.74) is 6.91. The van der Waals surface area contributed by atoms with Crippen molar-refractivity contribution >= 4 is 56.5 Å². The molecule has 3 aromatic rings. The summed E-state index contributed by atoms with van der Waals surface area (Å²) in [5.74, 6) is -1.60. The molecule has 0 saturated carbocycles. The number of nitrogens with one attached hydrogen (secondary N) is 4. The van der Waals surface area contributed by atoms with Crippen LogP contribution in [0.2, 0.25) is 10.0 Å². The van der Waals surface area contributed by atoms with Gasteiger partial charge in [-0.25, -0.2) is 18.4 Å². The Morgan fingerprint density at radius 3 is 2.27 bits per heavy atom. The van der Waals surface area contributed by atoms with E-state index in [0.29, 0.717) is 5.02 Å². The Balaban J connectivity index is 1.78. The molecule has 0 aliphatic carbocycles. The summed E-state index contributed by atoms with van der Waals surface area (Å²) in [6, 6.07) is 10.1. The fourth-order valence-corrected chi connectivity index (χ4v) is 3.82. The smallest absolute Gasteiger partial charge is 0.286 e. The van der Waals surface area contributed by atoms with Gasteiger partial charge in [0, 0.05) is 5.02 Å². The molecule has 0 saturated heterocycles. The standard InChI is InChI=1S/C18H15Cl2N7O5S/c1-10-2-5-12(6-3-10)33(31,32)26-24-17-15(27(29)30)16(21-9-22-17)23-25-18(28)13-7-4-11(19)8-14(13)20/h2-9,26H,1H3,(H,25,28)(H2,21,22,23,24). The number of benzene rings is 2. The molecule has 15 heteroatoms. The Hall–Kier alpha value is -3.52. The number of aryl methyl sites for hydroxylation is 1. The summed E-state index contributed by atoms with van der Waals surface area (Å²) in [7, 11) is -4.06. The summed E-state index contributed by atoms with van der Waals surface area (Å²) >= 11 is 11.8. The van der Waals surface area contributed by atoms with Crippen molar-refractivity contribution in [1.82, 2.24) is 20.2 Å². The normalized spacial score (nSPS) is 11.0. The molecular formula is C18H15Cl2N7O5S. The lowest BCUT2D eigenvalue weighted by atomic mass is 10.2. The third-order valence-corrected chi connectivity index (χ3v) is 5.92. The van der Waals surface area contributed by atoms with Gasteiger partial charge in [-0.15, -0.1) is 4.83 Å². The molecule has 1 aromatic heterocycles. The van der Waals surface area contributed by atoms with Crippen molar-refractivity contribution in [3.63, 3.8) is 0 Å². The van der Waals surface area contributed by atoms with Crippen molar-refractivity contribution in [3.05, 3.63) is 80.1 Å². The molecule has 12 nitrogen and oxygen atoms in total. The van der Waals surface area contributed by atoms with Gasteiger partial charge < -0.3 is 0 Å². The van der Waals surface area contributed by atoms with Crippen LogP contribution >= 0.6 is 23.2 Å². The Labute approximate surface area is 197 Å². The summed E-state index contributed by atoms with van der Waals surface area (Å²) in [6.07, 6.45) is 0.930. The Kier molecular flexibility index (Phi) is 7.28. The van der Waals surface area contributed by atoms with Gasteiger partial charge in [-0.3, -0.25) is 31.2 Å². The number of carbonyl (C=O) groups excluding carboxylic acids is 1. The van der Waals surface area contributed by atoms with Gasteiger partial charge in [-0.05, 0) is 37.3 Å². The number of hydrogen-bond acceptors (Lipinski definition) is 9. The van der Waals surface area contributed by atoms with E-state index in [2.05, 4.69) is 26.2 Å². The summed E-state index contributed by atoms with van der Waals surface area (Å²) < 4.78 is 24.9. The largest absolute Gasteiger partial charge is 0.356 e. The number of nitrogens with zero attached hydrogens (tertiary/aromatic N) is 3. The molecule has 0 atom stereocenters. The van der Waals surface area contributed by atoms with Crippen LogP contribution in [-0.4, -0.2) is 29.2 Å². The number of hydrazine groups is 2. The van der Waals surface area contributed by atoms with Gasteiger partial charge in [0.1, 0.15) is 6.33 Å². The number of amides is 1. The van der Waals surface area contributed by atoms with Crippen LogP contribution in [0.3, 0.4) is 0 Å². The third kappa shape index (κ3) is 5.84. The average Bonchev–Trinajstić information content (AvgIpc) is 2.76. The molecule has 0 radical (unpaired) electrons. The van der Waals surface area contributed by atoms with E-state index in [4.69, 9.17) is 23.2 Å². The predicted molar refractivity (Wildman–Crippen MR) is 121 cm³/mol. The van der Waals surface area contributed by atoms with Crippen LogP contribution in [0.25, 0.3) is 0 Å². The van der Waals surface area contributed by atoms with Crippen molar-refractivity contribution < 1.29 is 18.1 Å². The first kappa shape index (κ1) is 24.1. The number of rotatable bonds is 8. The van der Waals surface area contributed by atoms with E-state index in [1.165, 1.54) is 30.3 Å². The maximum Gasteiger partial charge on any atom is 0.356 e. The molecule has 172 valence electrons. The molecule has 0 aliphatic heterocycles. The van der Waals surface area contributed by atoms with Crippen LogP contribution in [0.4, 0.5) is 17.3 Å². The maximum absolute atomic E-state index is 12.4. The van der Waals surface area contributed by atoms with Crippen molar-refractivity contribution in [2.45, 2.75) is 11.8 Å². The Bertz CT molecular complexity index is 1320. The fourth-order valence-electron chi connectivity index (χ4n) is 2.48. The molecule has 0 fully saturated rings. The topological polar surface area (TPSA) is 168 Å². The number of nitro groups is 1. The molecule has 2 aromatic carbocycles. The fraction of sp³-hybridized carbons (Fsp3) is 0.0556. The third-order valence-electron chi connectivity index (χ3n) is 4.11. The maximum atomic E-state index is 12.4. The van der Waals surface area contributed by atoms with E-state index in [-0.39, 0.29) is 15.5 Å². The van der Waals surface area contributed by atoms with Crippen LogP contribution < -0.4 is 21.1 Å². The molecule has 4 N–H and O–H groups in total. The van der Waals surface area contributed by atoms with Gasteiger partial charge in [0.05, 0.1) is 20.4 Å². The van der Waals surface area contributed by atoms with Crippen molar-refractivity contribution in [2.75, 3.05) is 10.9 Å². The highest BCUT2D eigenvalue weighted by Gasteiger charge is 2.25. The molecule has 1 amide bonds. The lowest BCUT2D eigenvalue weighted by molar-refractivity contribution is -0.383. The minimum absolute atomic E-state index is 0.0504. The second-order valence-electron chi connectivity index (χ2n) is 6.42. The van der Waals surface area contributed by atoms with Crippen LogP contribution in [0.5, 0.6) is 0 Å². The van der Waals surface area contributed by atoms with E-state index in [9.17, 15) is 23.3 Å². The quantitative estimate of drug-likeness (QED) is 0.262. The molecule has 33 heavy (non-hydrogen) atoms. The highest BCUT2D eigenvalue weighted by molar-refractivity contribution is 7.89. The van der Waals surface area contributed by atoms with Gasteiger partial charge in [0.15, 0.2) is 0 Å². The highest BCUT2D eigenvalue weighted by Crippen LogP contribution is 2.28. The molecule has 1 heterocycles. The first-order chi connectivity index (χ1) is 15.6. The number of carbonyl (C=O) groups is 1. The predicted octanol–water partition coefficient (Wildman–Crippen LogP) is 3.06. The molecule has 0 bridgehead atoms. The SMILES string of the molecule is Cc1ccc(S(=O)(=O)NNc2ncnc(NNC(=O)c3ccc(Cl)cc3Cl)c2[N+](=O)[O-])cc1. The van der Waals surface area contributed by atoms with Gasteiger partial charge in [0.2, 0.25) is 11.6 Å². The van der Waals surface area contributed by atoms with Crippen molar-refractivity contribution in [1.29, 1.82) is 0 Å². The van der Waals surface area contributed by atoms with E-state index in [1.807, 2.05) is 4.83 Å². The van der Waals surface area contributed by atoms with Crippen LogP contribution in [-0.2, 0) is 10.0 Å². The first-order valence-electron chi connectivity index (χ1n) is 8.94. The second kappa shape index (κ2) is 9.95. The average molecular weight is 512 g/mol. The van der Waals surface area contributed by atoms with E-state index >= 15 is 0 Å². The zero-order chi connectivity index (χ0) is 24.2. The highest BCUT2D eigenvalue weighted by atomic mass is 35.5. The van der Waals surface area contributed by atoms with E-state index in [0.717, 1.165) is 11.9 Å². The minimum Gasteiger partial charge on any atom is -0.286 e. The Morgan fingerprint density at radius 2 is 1.67 bits per heavy atom. The van der Waals surface area contributed by atoms with Gasteiger partial charge in [0.25, 0.3) is 15.9 Å². The van der Waals surface area contributed by atoms with Gasteiger partial charge in [-0.1, -0.05) is 40.9 Å². The van der Waals surface area contributed by atoms with Crippen molar-refractivity contribution in [3.8, 4) is 0 Å². The summed E-state index contributed by atoms with van der Waals surface area (Å²) in [4.78, 5) is 32.5. The van der Waals surface area contributed by atoms with E-state index in [1.54, 1.807) is 19.1 Å². The zero-order valence-electron chi connectivity index (χ0n) is 16.7. The van der Waals surface area contributed by atoms with E-state index < -0.39 is 38.2 Å². The lowest BCUT2D eigenvalue weighted by Gasteiger charge is -2.12. The number of halogens is 2. The summed E-state index contributed by atoms with van der Waals surface area (Å²) in [6.45, 7) is 1.79. The monoisotopic (exact) mass is 511 g/mol. The first-order valence-corrected chi connectivity index (χ1v) is 11.2. The van der Waals surface area contributed by atoms with Crippen LogP contribution in [0, 0.1) is 17.0 Å². The molecule has 0 unspecified atom stereocenters. The zero-order valence-corrected chi connectivity index (χ0v) is 19.0. The van der Waals surface area contributed by atoms with Crippen LogP contribution in [0.1, 0.15) is 15.9 Å². The minimum atomic E-state index is -4.06. The lowest BCUT2D eigenvalue weighted by Crippen LogP contribution is -2.32. The number of sulfonamides is 1. The van der Waals surface area contributed by atoms with Crippen LogP contribution in [0.15, 0.2) is 53.7 Å². The molecule has 0 aliphatic rings. The molecule has 3 rings (SSSR count). The van der Waals surface area contributed by atoms with Gasteiger partial charge >= 0.3 is 5.69 Å². The van der Waals surface area contributed by atoms with Gasteiger partial charge in [-0.2, -0.15) is 0 Å². The molecular weight excluding hydrogens is 497 g/mol. The Morgan fingerprint density at radius 1 is 1.03 bits per heavy atom.